The summed E-state index contributed by atoms with van der Waals surface area (Å²) in [5.41, 5.74) is 2.44. The molecule has 0 atom stereocenters. The number of halogens is 2. The summed E-state index contributed by atoms with van der Waals surface area (Å²) in [6.45, 7) is 3.26. The van der Waals surface area contributed by atoms with Crippen LogP contribution in [-0.4, -0.2) is 59.8 Å². The molecule has 9 nitrogen and oxygen atoms in total. The van der Waals surface area contributed by atoms with Crippen molar-refractivity contribution in [2.45, 2.75) is 70.6 Å². The summed E-state index contributed by atoms with van der Waals surface area (Å²) in [6.07, 6.45) is 4.85. The van der Waals surface area contributed by atoms with E-state index in [1.165, 1.54) is 4.57 Å². The lowest BCUT2D eigenvalue weighted by Crippen LogP contribution is -2.38. The van der Waals surface area contributed by atoms with Gasteiger partial charge in [0.15, 0.2) is 5.65 Å². The molecule has 0 radical (unpaired) electrons. The first kappa shape index (κ1) is 23.4. The predicted molar refractivity (Wildman–Crippen MR) is 129 cm³/mol. The number of pyridine rings is 1. The molecule has 4 aromatic heterocycles. The molecule has 0 saturated heterocycles. The van der Waals surface area contributed by atoms with E-state index >= 15 is 0 Å². The molecule has 1 saturated carbocycles. The number of aryl methyl sites for hydroxylation is 1. The molecule has 186 valence electrons. The number of methoxy groups -OCH3 is 1. The monoisotopic (exact) mass is 485 g/mol. The quantitative estimate of drug-likeness (QED) is 0.354. The predicted octanol–water partition coefficient (Wildman–Crippen LogP) is 4.45. The first-order valence-electron chi connectivity index (χ1n) is 11.8. The number of aromatic amines is 1. The highest BCUT2D eigenvalue weighted by atomic mass is 19.3. The number of fused-ring (bicyclic) bond motifs is 2. The van der Waals surface area contributed by atoms with E-state index in [9.17, 15) is 13.9 Å². The van der Waals surface area contributed by atoms with Crippen molar-refractivity contribution in [3.05, 3.63) is 24.3 Å². The van der Waals surface area contributed by atoms with E-state index in [-0.39, 0.29) is 6.04 Å². The van der Waals surface area contributed by atoms with Crippen LogP contribution in [0.2, 0.25) is 0 Å². The number of nitrogens with zero attached hydrogens (tertiary/aromatic N) is 5. The number of ether oxygens (including phenoxy) is 1. The molecule has 11 heteroatoms. The van der Waals surface area contributed by atoms with Gasteiger partial charge in [-0.3, -0.25) is 0 Å². The second kappa shape index (κ2) is 9.03. The zero-order valence-corrected chi connectivity index (χ0v) is 20.0. The molecule has 0 amide bonds. The van der Waals surface area contributed by atoms with Gasteiger partial charge in [0.1, 0.15) is 11.5 Å². The number of alkyl halides is 2. The van der Waals surface area contributed by atoms with Crippen LogP contribution in [0.5, 0.6) is 5.88 Å². The van der Waals surface area contributed by atoms with Crippen molar-refractivity contribution in [3.63, 3.8) is 0 Å². The van der Waals surface area contributed by atoms with Crippen molar-refractivity contribution < 1.29 is 18.6 Å². The molecule has 1 aliphatic carbocycles. The highest BCUT2D eigenvalue weighted by molar-refractivity contribution is 5.98. The van der Waals surface area contributed by atoms with Crippen molar-refractivity contribution in [2.24, 2.45) is 0 Å². The summed E-state index contributed by atoms with van der Waals surface area (Å²) in [5, 5.41) is 14.6. The second-order valence-corrected chi connectivity index (χ2v) is 9.21. The maximum atomic E-state index is 13.1. The maximum Gasteiger partial charge on any atom is 0.256 e. The molecule has 0 aromatic carbocycles. The summed E-state index contributed by atoms with van der Waals surface area (Å²) in [4.78, 5) is 21.1. The minimum atomic E-state index is -2.50. The topological polar surface area (TPSA) is 114 Å². The second-order valence-electron chi connectivity index (χ2n) is 9.21. The number of nitrogens with one attached hydrogen (secondary N) is 2. The smallest absolute Gasteiger partial charge is 0.256 e. The van der Waals surface area contributed by atoms with Gasteiger partial charge in [-0.15, -0.1) is 0 Å². The number of aliphatic hydroxyl groups is 1. The third-order valence-electron chi connectivity index (χ3n) is 7.03. The number of rotatable bonds is 7. The first-order chi connectivity index (χ1) is 16.8. The van der Waals surface area contributed by atoms with E-state index in [4.69, 9.17) is 4.74 Å². The minimum absolute atomic E-state index is 0.170. The summed E-state index contributed by atoms with van der Waals surface area (Å²) in [7, 11) is 1.55. The van der Waals surface area contributed by atoms with Gasteiger partial charge >= 0.3 is 0 Å². The Bertz CT molecular complexity index is 1360. The van der Waals surface area contributed by atoms with Crippen molar-refractivity contribution in [2.75, 3.05) is 12.4 Å². The van der Waals surface area contributed by atoms with Crippen LogP contribution in [0.1, 0.15) is 44.9 Å². The summed E-state index contributed by atoms with van der Waals surface area (Å²) >= 11 is 0. The number of hydrogen-bond donors (Lipinski definition) is 3. The molecule has 0 bridgehead atoms. The van der Waals surface area contributed by atoms with E-state index in [1.807, 2.05) is 6.92 Å². The average Bonchev–Trinajstić information content (AvgIpc) is 3.40. The fourth-order valence-corrected chi connectivity index (χ4v) is 4.91. The molecular formula is C24H29F2N7O2. The van der Waals surface area contributed by atoms with Crippen LogP contribution >= 0.6 is 0 Å². The largest absolute Gasteiger partial charge is 0.480 e. The number of H-pyrrole nitrogens is 1. The van der Waals surface area contributed by atoms with Gasteiger partial charge in [-0.1, -0.05) is 6.92 Å². The van der Waals surface area contributed by atoms with Crippen molar-refractivity contribution in [1.29, 1.82) is 0 Å². The van der Waals surface area contributed by atoms with E-state index in [0.717, 1.165) is 37.7 Å². The highest BCUT2D eigenvalue weighted by Crippen LogP contribution is 2.36. The summed E-state index contributed by atoms with van der Waals surface area (Å²) in [5.74, 6) is 1.33. The number of anilines is 1. The van der Waals surface area contributed by atoms with Crippen molar-refractivity contribution in [1.82, 2.24) is 29.5 Å². The lowest BCUT2D eigenvalue weighted by molar-refractivity contribution is -0.00198. The normalized spacial score (nSPS) is 20.7. The van der Waals surface area contributed by atoms with Crippen LogP contribution in [-0.2, 0) is 6.54 Å². The van der Waals surface area contributed by atoms with Crippen LogP contribution in [0.15, 0.2) is 18.5 Å². The molecule has 1 aliphatic rings. The van der Waals surface area contributed by atoms with Crippen LogP contribution < -0.4 is 10.1 Å². The molecule has 0 aliphatic heterocycles. The van der Waals surface area contributed by atoms with Crippen molar-refractivity contribution >= 4 is 28.1 Å². The van der Waals surface area contributed by atoms with Gasteiger partial charge in [0.25, 0.3) is 6.43 Å². The standard InChI is InChI=1S/C24H29F2N7O2/c1-4-24(34)7-5-15(6-8-24)30-23-31-21-19(22(32-23)35-3)16(11-28-21)14-9-17-20(27-10-14)29-13(2)33(17)12-18(25)26/h9-11,15,18,34H,4-8,12H2,1-3H3,(H2,28,30,31,32)/t15-,24+. The summed E-state index contributed by atoms with van der Waals surface area (Å²) < 4.78 is 33.3. The number of imidazole rings is 1. The molecular weight excluding hydrogens is 456 g/mol. The Balaban J connectivity index is 1.48. The van der Waals surface area contributed by atoms with Crippen LogP contribution in [0.4, 0.5) is 14.7 Å². The number of aromatic nitrogens is 6. The lowest BCUT2D eigenvalue weighted by atomic mass is 9.80. The minimum Gasteiger partial charge on any atom is -0.480 e. The van der Waals surface area contributed by atoms with Crippen LogP contribution in [0.3, 0.4) is 0 Å². The SMILES string of the molecule is CC[C@]1(O)CC[C@@H](Nc2nc(OC)c3c(-c4cnc5nc(C)n(CC(F)F)c5c4)c[nH]c3n2)CC1. The molecule has 0 unspecified atom stereocenters. The molecule has 4 aromatic rings. The van der Waals surface area contributed by atoms with E-state index in [2.05, 4.69) is 30.2 Å². The van der Waals surface area contributed by atoms with Crippen molar-refractivity contribution in [3.8, 4) is 17.0 Å². The lowest BCUT2D eigenvalue weighted by Gasteiger charge is -2.35. The van der Waals surface area contributed by atoms with Gasteiger partial charge < -0.3 is 24.7 Å². The molecule has 35 heavy (non-hydrogen) atoms. The Morgan fingerprint density at radius 1 is 1.29 bits per heavy atom. The molecule has 1 fully saturated rings. The molecule has 4 heterocycles. The Hall–Kier alpha value is -3.34. The Labute approximate surface area is 201 Å². The van der Waals surface area contributed by atoms with Gasteiger partial charge in [0.2, 0.25) is 11.8 Å². The maximum absolute atomic E-state index is 13.1. The zero-order chi connectivity index (χ0) is 24.7. The van der Waals surface area contributed by atoms with Gasteiger partial charge in [-0.2, -0.15) is 9.97 Å². The van der Waals surface area contributed by atoms with Gasteiger partial charge in [0, 0.05) is 29.6 Å². The first-order valence-corrected chi connectivity index (χ1v) is 11.8. The van der Waals surface area contributed by atoms with Gasteiger partial charge in [-0.25, -0.2) is 18.7 Å². The van der Waals surface area contributed by atoms with Crippen LogP contribution in [0.25, 0.3) is 33.3 Å². The Morgan fingerprint density at radius 2 is 2.06 bits per heavy atom. The zero-order valence-electron chi connectivity index (χ0n) is 20.0. The van der Waals surface area contributed by atoms with E-state index in [1.54, 1.807) is 32.5 Å². The Kier molecular flexibility index (Phi) is 6.04. The molecule has 3 N–H and O–H groups in total. The van der Waals surface area contributed by atoms with Gasteiger partial charge in [0.05, 0.1) is 30.2 Å². The fraction of sp³-hybridized carbons (Fsp3) is 0.500. The van der Waals surface area contributed by atoms with Gasteiger partial charge in [-0.05, 0) is 45.1 Å². The number of hydrogen-bond acceptors (Lipinski definition) is 7. The molecule has 0 spiro atoms. The van der Waals surface area contributed by atoms with E-state index in [0.29, 0.717) is 45.4 Å². The Morgan fingerprint density at radius 3 is 2.74 bits per heavy atom. The average molecular weight is 486 g/mol. The third kappa shape index (κ3) is 4.40. The fourth-order valence-electron chi connectivity index (χ4n) is 4.91. The summed E-state index contributed by atoms with van der Waals surface area (Å²) in [6, 6.07) is 1.97. The van der Waals surface area contributed by atoms with Crippen LogP contribution in [0, 0.1) is 6.92 Å². The highest BCUT2D eigenvalue weighted by Gasteiger charge is 2.32. The van der Waals surface area contributed by atoms with E-state index < -0.39 is 18.6 Å². The molecule has 5 rings (SSSR count). The third-order valence-corrected chi connectivity index (χ3v) is 7.03.